The lowest BCUT2D eigenvalue weighted by Crippen LogP contribution is -1.80. The summed E-state index contributed by atoms with van der Waals surface area (Å²) in [5.74, 6) is 0. The third kappa shape index (κ3) is 5.59. The Bertz CT molecular complexity index is 105. The number of hydrogen-bond donors (Lipinski definition) is 0. The van der Waals surface area contributed by atoms with Gasteiger partial charge in [-0.1, -0.05) is 9.24 Å². The zero-order chi connectivity index (χ0) is 5.70. The van der Waals surface area contributed by atoms with Crippen LogP contribution in [0, 0.1) is 11.3 Å². The second kappa shape index (κ2) is 3.77. The van der Waals surface area contributed by atoms with Crippen LogP contribution in [0.5, 0.6) is 0 Å². The molecule has 0 heterocycles. The summed E-state index contributed by atoms with van der Waals surface area (Å²) in [6.07, 6.45) is 0.698. The number of nitriles is 1. The molecule has 0 aromatic rings. The van der Waals surface area contributed by atoms with E-state index in [1.54, 1.807) is 0 Å². The van der Waals surface area contributed by atoms with E-state index in [-0.39, 0.29) is 5.52 Å². The standard InChI is InChI=1S/C4H6NOP/c5-3-1-2-4(6)7/h1-2,7H2. The van der Waals surface area contributed by atoms with E-state index < -0.39 is 0 Å². The smallest absolute Gasteiger partial charge is 0.149 e. The lowest BCUT2D eigenvalue weighted by atomic mass is 10.4. The SMILES string of the molecule is N#CCCC(=O)P. The summed E-state index contributed by atoms with van der Waals surface area (Å²) in [7, 11) is 2.02. The van der Waals surface area contributed by atoms with Crippen molar-refractivity contribution in [2.24, 2.45) is 0 Å². The van der Waals surface area contributed by atoms with E-state index in [0.29, 0.717) is 12.8 Å². The predicted octanol–water partition coefficient (Wildman–Crippen LogP) is 0.692. The van der Waals surface area contributed by atoms with Crippen LogP contribution in [0.1, 0.15) is 12.8 Å². The first-order valence-corrected chi connectivity index (χ1v) is 2.50. The van der Waals surface area contributed by atoms with Crippen LogP contribution in [0.25, 0.3) is 0 Å². The fourth-order valence-corrected chi connectivity index (χ4v) is 0.323. The van der Waals surface area contributed by atoms with Gasteiger partial charge < -0.3 is 0 Å². The Morgan fingerprint density at radius 2 is 2.43 bits per heavy atom. The molecule has 0 aromatic heterocycles. The van der Waals surface area contributed by atoms with Crippen LogP contribution in [-0.2, 0) is 4.79 Å². The molecule has 0 radical (unpaired) electrons. The lowest BCUT2D eigenvalue weighted by molar-refractivity contribution is -0.111. The number of carbonyl (C=O) groups is 1. The minimum atomic E-state index is 0.00144. The normalized spacial score (nSPS) is 7.43. The Morgan fingerprint density at radius 1 is 1.86 bits per heavy atom. The lowest BCUT2D eigenvalue weighted by Gasteiger charge is -1.78. The first-order valence-electron chi connectivity index (χ1n) is 1.92. The molecule has 0 N–H and O–H groups in total. The molecule has 0 bridgehead atoms. The molecule has 38 valence electrons. The Morgan fingerprint density at radius 3 is 2.57 bits per heavy atom. The molecular weight excluding hydrogens is 109 g/mol. The van der Waals surface area contributed by atoms with Crippen molar-refractivity contribution in [3.8, 4) is 6.07 Å². The van der Waals surface area contributed by atoms with E-state index in [1.807, 2.05) is 15.3 Å². The van der Waals surface area contributed by atoms with Crippen LogP contribution >= 0.6 is 9.24 Å². The van der Waals surface area contributed by atoms with Gasteiger partial charge in [0.05, 0.1) is 6.07 Å². The third-order valence-corrected chi connectivity index (χ3v) is 0.772. The molecule has 0 saturated carbocycles. The molecule has 0 aromatic carbocycles. The van der Waals surface area contributed by atoms with Gasteiger partial charge in [-0.25, -0.2) is 0 Å². The second-order valence-electron chi connectivity index (χ2n) is 1.12. The second-order valence-corrected chi connectivity index (χ2v) is 1.77. The molecule has 0 aliphatic rings. The summed E-state index contributed by atoms with van der Waals surface area (Å²) in [5, 5.41) is 7.90. The maximum Gasteiger partial charge on any atom is 0.149 e. The largest absolute Gasteiger partial charge is 0.295 e. The molecule has 3 heteroatoms. The van der Waals surface area contributed by atoms with E-state index >= 15 is 0 Å². The zero-order valence-corrected chi connectivity index (χ0v) is 5.00. The quantitative estimate of drug-likeness (QED) is 0.497. The van der Waals surface area contributed by atoms with Gasteiger partial charge in [0.15, 0.2) is 0 Å². The van der Waals surface area contributed by atoms with Gasteiger partial charge in [0.25, 0.3) is 0 Å². The molecule has 0 aliphatic heterocycles. The van der Waals surface area contributed by atoms with Crippen molar-refractivity contribution in [2.45, 2.75) is 12.8 Å². The average molecular weight is 115 g/mol. The summed E-state index contributed by atoms with van der Waals surface area (Å²) in [6, 6.07) is 1.86. The Kier molecular flexibility index (Phi) is 3.55. The maximum atomic E-state index is 10.0. The average Bonchev–Trinajstić information content (AvgIpc) is 1.61. The summed E-state index contributed by atoms with van der Waals surface area (Å²) in [4.78, 5) is 10.0. The van der Waals surface area contributed by atoms with Crippen LogP contribution < -0.4 is 0 Å². The summed E-state index contributed by atoms with van der Waals surface area (Å²) in [5.41, 5.74) is 0.00144. The fourth-order valence-electron chi connectivity index (χ4n) is 0.179. The summed E-state index contributed by atoms with van der Waals surface area (Å²) >= 11 is 0. The van der Waals surface area contributed by atoms with E-state index in [0.717, 1.165) is 0 Å². The fraction of sp³-hybridized carbons (Fsp3) is 0.500. The highest BCUT2D eigenvalue weighted by atomic mass is 31.0. The van der Waals surface area contributed by atoms with Gasteiger partial charge >= 0.3 is 0 Å². The summed E-state index contributed by atoms with van der Waals surface area (Å²) < 4.78 is 0. The number of carbonyl (C=O) groups excluding carboxylic acids is 1. The van der Waals surface area contributed by atoms with E-state index in [9.17, 15) is 4.79 Å². The van der Waals surface area contributed by atoms with Gasteiger partial charge in [0, 0.05) is 12.8 Å². The van der Waals surface area contributed by atoms with Gasteiger partial charge in [0.2, 0.25) is 0 Å². The molecule has 0 aliphatic carbocycles. The first-order chi connectivity index (χ1) is 3.27. The van der Waals surface area contributed by atoms with Crippen molar-refractivity contribution in [3.63, 3.8) is 0 Å². The van der Waals surface area contributed by atoms with Crippen molar-refractivity contribution < 1.29 is 4.79 Å². The highest BCUT2D eigenvalue weighted by molar-refractivity contribution is 7.40. The molecule has 0 spiro atoms. The van der Waals surface area contributed by atoms with Crippen LogP contribution in [0.15, 0.2) is 0 Å². The van der Waals surface area contributed by atoms with Gasteiger partial charge in [-0.15, -0.1) is 0 Å². The van der Waals surface area contributed by atoms with E-state index in [1.165, 1.54) is 0 Å². The van der Waals surface area contributed by atoms with Crippen LogP contribution in [0.3, 0.4) is 0 Å². The molecule has 0 rings (SSSR count). The number of hydrogen-bond acceptors (Lipinski definition) is 2. The van der Waals surface area contributed by atoms with Crippen molar-refractivity contribution in [2.75, 3.05) is 0 Å². The molecule has 2 nitrogen and oxygen atoms in total. The molecular formula is C4H6NOP. The zero-order valence-electron chi connectivity index (χ0n) is 3.85. The molecule has 0 fully saturated rings. The first kappa shape index (κ1) is 6.59. The monoisotopic (exact) mass is 115 g/mol. The van der Waals surface area contributed by atoms with Gasteiger partial charge in [-0.2, -0.15) is 5.26 Å². The van der Waals surface area contributed by atoms with Crippen LogP contribution in [-0.4, -0.2) is 5.52 Å². The summed E-state index contributed by atoms with van der Waals surface area (Å²) in [6.45, 7) is 0. The van der Waals surface area contributed by atoms with E-state index in [4.69, 9.17) is 5.26 Å². The van der Waals surface area contributed by atoms with Crippen molar-refractivity contribution in [3.05, 3.63) is 0 Å². The van der Waals surface area contributed by atoms with E-state index in [2.05, 4.69) is 0 Å². The molecule has 1 atom stereocenters. The number of rotatable bonds is 2. The van der Waals surface area contributed by atoms with Crippen molar-refractivity contribution in [1.29, 1.82) is 5.26 Å². The molecule has 0 saturated heterocycles. The Labute approximate surface area is 44.7 Å². The maximum absolute atomic E-state index is 10.0. The molecule has 1 unspecified atom stereocenters. The van der Waals surface area contributed by atoms with Gasteiger partial charge in [0.1, 0.15) is 5.52 Å². The topological polar surface area (TPSA) is 40.9 Å². The molecule has 7 heavy (non-hydrogen) atoms. The van der Waals surface area contributed by atoms with Crippen molar-refractivity contribution in [1.82, 2.24) is 0 Å². The van der Waals surface area contributed by atoms with Crippen LogP contribution in [0.2, 0.25) is 0 Å². The van der Waals surface area contributed by atoms with Gasteiger partial charge in [-0.3, -0.25) is 4.79 Å². The minimum Gasteiger partial charge on any atom is -0.295 e. The predicted molar refractivity (Wildman–Crippen MR) is 29.6 cm³/mol. The van der Waals surface area contributed by atoms with Crippen molar-refractivity contribution >= 4 is 14.8 Å². The third-order valence-electron chi connectivity index (χ3n) is 0.483. The molecule has 0 amide bonds. The Balaban J connectivity index is 3.02. The minimum absolute atomic E-state index is 0.00144. The highest BCUT2D eigenvalue weighted by Crippen LogP contribution is 1.93. The highest BCUT2D eigenvalue weighted by Gasteiger charge is 1.87. The van der Waals surface area contributed by atoms with Gasteiger partial charge in [-0.05, 0) is 0 Å². The van der Waals surface area contributed by atoms with Crippen LogP contribution in [0.4, 0.5) is 0 Å². The number of nitrogens with zero attached hydrogens (tertiary/aromatic N) is 1. The Hall–Kier alpha value is -0.410.